The Morgan fingerprint density at radius 3 is 2.45 bits per heavy atom. The van der Waals surface area contributed by atoms with Gasteiger partial charge in [0.15, 0.2) is 5.82 Å². The predicted octanol–water partition coefficient (Wildman–Crippen LogP) is 1.38. The molecule has 4 rings (SSSR count). The molecule has 0 spiro atoms. The van der Waals surface area contributed by atoms with Crippen LogP contribution in [0.1, 0.15) is 25.2 Å². The molecule has 0 aliphatic heterocycles. The highest BCUT2D eigenvalue weighted by molar-refractivity contribution is 6.05. The molecule has 4 aromatic rings. The lowest BCUT2D eigenvalue weighted by atomic mass is 10.1. The van der Waals surface area contributed by atoms with Crippen molar-refractivity contribution >= 4 is 27.9 Å². The van der Waals surface area contributed by atoms with Crippen molar-refractivity contribution in [2.75, 3.05) is 5.73 Å². The van der Waals surface area contributed by atoms with Gasteiger partial charge in [-0.1, -0.05) is 0 Å². The zero-order chi connectivity index (χ0) is 20.8. The quantitative estimate of drug-likeness (QED) is 0.397. The Labute approximate surface area is 166 Å². The summed E-state index contributed by atoms with van der Waals surface area (Å²) in [7, 11) is 0. The summed E-state index contributed by atoms with van der Waals surface area (Å²) in [5, 5.41) is 29.4. The number of fused-ring (bicyclic) bond motifs is 3. The summed E-state index contributed by atoms with van der Waals surface area (Å²) in [6, 6.07) is 3.68. The molecule has 4 aromatic heterocycles. The van der Waals surface area contributed by atoms with E-state index in [2.05, 4.69) is 19.9 Å². The Balaban J connectivity index is 1.97. The van der Waals surface area contributed by atoms with Crippen LogP contribution in [0, 0.1) is 0 Å². The van der Waals surface area contributed by atoms with Crippen molar-refractivity contribution in [2.45, 2.75) is 39.2 Å². The number of nitrogen functional groups attached to an aromatic ring is 1. The summed E-state index contributed by atoms with van der Waals surface area (Å²) in [4.78, 5) is 17.6. The maximum absolute atomic E-state index is 10.3. The molecule has 29 heavy (non-hydrogen) atoms. The molecule has 0 aliphatic rings. The minimum atomic E-state index is -1.03. The number of aliphatic hydroxyl groups excluding tert-OH is 2. The largest absolute Gasteiger partial charge is 0.392 e. The third-order valence-corrected chi connectivity index (χ3v) is 4.62. The van der Waals surface area contributed by atoms with E-state index in [-0.39, 0.29) is 25.6 Å². The number of aromatic nitrogens is 5. The molecular weight excluding hydrogens is 372 g/mol. The van der Waals surface area contributed by atoms with Crippen molar-refractivity contribution < 1.29 is 15.3 Å². The van der Waals surface area contributed by atoms with Crippen LogP contribution in [0.2, 0.25) is 0 Å². The summed E-state index contributed by atoms with van der Waals surface area (Å²) in [5.41, 5.74) is 9.58. The lowest BCUT2D eigenvalue weighted by Crippen LogP contribution is -2.27. The van der Waals surface area contributed by atoms with Crippen LogP contribution in [0.5, 0.6) is 0 Å². The molecular formula is C20H22N6O3. The zero-order valence-corrected chi connectivity index (χ0v) is 16.2. The second-order valence-corrected chi connectivity index (χ2v) is 7.61. The van der Waals surface area contributed by atoms with Crippen LogP contribution in [0.4, 0.5) is 5.82 Å². The van der Waals surface area contributed by atoms with Crippen molar-refractivity contribution in [2.24, 2.45) is 0 Å². The van der Waals surface area contributed by atoms with Gasteiger partial charge in [0, 0.05) is 29.7 Å². The van der Waals surface area contributed by atoms with Gasteiger partial charge in [0.25, 0.3) is 0 Å². The molecule has 9 nitrogen and oxygen atoms in total. The summed E-state index contributed by atoms with van der Waals surface area (Å²) in [6.45, 7) is 3.17. The van der Waals surface area contributed by atoms with Crippen molar-refractivity contribution in [3.05, 3.63) is 42.1 Å². The molecule has 0 radical (unpaired) electrons. The van der Waals surface area contributed by atoms with Crippen LogP contribution >= 0.6 is 0 Å². The van der Waals surface area contributed by atoms with E-state index in [1.807, 2.05) is 12.1 Å². The Morgan fingerprint density at radius 1 is 1.00 bits per heavy atom. The average Bonchev–Trinajstić information content (AvgIpc) is 3.05. The molecule has 0 bridgehead atoms. The topological polar surface area (TPSA) is 143 Å². The normalized spacial score (nSPS) is 12.2. The zero-order valence-electron chi connectivity index (χ0n) is 16.2. The smallest absolute Gasteiger partial charge is 0.152 e. The van der Waals surface area contributed by atoms with E-state index in [0.717, 1.165) is 11.1 Å². The van der Waals surface area contributed by atoms with E-state index in [1.165, 1.54) is 0 Å². The molecule has 0 saturated carbocycles. The number of hydrogen-bond donors (Lipinski definition) is 4. The van der Waals surface area contributed by atoms with Crippen molar-refractivity contribution in [1.82, 2.24) is 24.5 Å². The van der Waals surface area contributed by atoms with E-state index >= 15 is 0 Å². The Hall–Kier alpha value is -3.14. The maximum Gasteiger partial charge on any atom is 0.152 e. The van der Waals surface area contributed by atoms with Gasteiger partial charge in [-0.05, 0) is 31.5 Å². The van der Waals surface area contributed by atoms with Gasteiger partial charge in [-0.25, -0.2) is 9.97 Å². The van der Waals surface area contributed by atoms with Gasteiger partial charge in [-0.3, -0.25) is 9.97 Å². The van der Waals surface area contributed by atoms with Gasteiger partial charge in [0.05, 0.1) is 24.3 Å². The molecule has 0 atom stereocenters. The van der Waals surface area contributed by atoms with E-state index in [1.54, 1.807) is 37.0 Å². The fraction of sp³-hybridized carbons (Fsp3) is 0.300. The molecule has 0 aliphatic carbocycles. The van der Waals surface area contributed by atoms with Gasteiger partial charge in [0.2, 0.25) is 0 Å². The van der Waals surface area contributed by atoms with Crippen LogP contribution in [0.3, 0.4) is 0 Å². The number of imidazole rings is 1. The van der Waals surface area contributed by atoms with Crippen molar-refractivity contribution in [3.8, 4) is 11.1 Å². The lowest BCUT2D eigenvalue weighted by molar-refractivity contribution is 0.0607. The first kappa shape index (κ1) is 19.2. The number of anilines is 1. The number of nitrogens with zero attached hydrogens (tertiary/aromatic N) is 5. The van der Waals surface area contributed by atoms with Crippen LogP contribution in [0.25, 0.3) is 33.2 Å². The third kappa shape index (κ3) is 3.51. The lowest BCUT2D eigenvalue weighted by Gasteiger charge is -2.20. The molecule has 0 unspecified atom stereocenters. The highest BCUT2D eigenvalue weighted by Gasteiger charge is 2.23. The Bertz CT molecular complexity index is 1210. The molecule has 150 valence electrons. The number of aliphatic hydroxyl groups is 3. The first-order chi connectivity index (χ1) is 13.8. The second kappa shape index (κ2) is 7.03. The van der Waals surface area contributed by atoms with Crippen molar-refractivity contribution in [1.29, 1.82) is 0 Å². The maximum atomic E-state index is 10.3. The molecule has 4 heterocycles. The predicted molar refractivity (Wildman–Crippen MR) is 109 cm³/mol. The summed E-state index contributed by atoms with van der Waals surface area (Å²) in [6.07, 6.45) is 4.98. The summed E-state index contributed by atoms with van der Waals surface area (Å²) < 4.78 is 1.73. The van der Waals surface area contributed by atoms with Crippen LogP contribution in [-0.4, -0.2) is 45.4 Å². The molecule has 0 fully saturated rings. The first-order valence-corrected chi connectivity index (χ1v) is 9.13. The van der Waals surface area contributed by atoms with Gasteiger partial charge >= 0.3 is 0 Å². The number of hydrogen-bond acceptors (Lipinski definition) is 8. The molecule has 9 heteroatoms. The van der Waals surface area contributed by atoms with Gasteiger partial charge in [0.1, 0.15) is 29.0 Å². The average molecular weight is 394 g/mol. The molecule has 0 amide bonds. The minimum absolute atomic E-state index is 0.103. The monoisotopic (exact) mass is 394 g/mol. The highest BCUT2D eigenvalue weighted by Crippen LogP contribution is 2.31. The minimum Gasteiger partial charge on any atom is -0.392 e. The number of pyridine rings is 3. The fourth-order valence-electron chi connectivity index (χ4n) is 3.39. The standard InChI is InChI=1S/C20H22N6O3/c1-20(2,29)10-26-15(9-28)25-17-18(26)16-14(24-19(17)21)4-13(7-23-16)12-3-11(8-27)5-22-6-12/h3-7,27-29H,8-10H2,1-2H3,(H2,21,24). The highest BCUT2D eigenvalue weighted by atomic mass is 16.3. The summed E-state index contributed by atoms with van der Waals surface area (Å²) in [5.74, 6) is 0.603. The van der Waals surface area contributed by atoms with E-state index in [0.29, 0.717) is 33.5 Å². The Morgan fingerprint density at radius 2 is 1.76 bits per heavy atom. The van der Waals surface area contributed by atoms with E-state index < -0.39 is 5.60 Å². The van der Waals surface area contributed by atoms with Gasteiger partial charge < -0.3 is 25.6 Å². The fourth-order valence-corrected chi connectivity index (χ4v) is 3.39. The molecule has 0 saturated heterocycles. The van der Waals surface area contributed by atoms with Crippen molar-refractivity contribution in [3.63, 3.8) is 0 Å². The van der Waals surface area contributed by atoms with Crippen LogP contribution in [0.15, 0.2) is 30.7 Å². The van der Waals surface area contributed by atoms with Crippen LogP contribution in [-0.2, 0) is 19.8 Å². The summed E-state index contributed by atoms with van der Waals surface area (Å²) >= 11 is 0. The molecule has 5 N–H and O–H groups in total. The third-order valence-electron chi connectivity index (χ3n) is 4.62. The number of nitrogens with two attached hydrogens (primary N) is 1. The van der Waals surface area contributed by atoms with Gasteiger partial charge in [-0.15, -0.1) is 0 Å². The molecule has 0 aromatic carbocycles. The second-order valence-electron chi connectivity index (χ2n) is 7.61. The van der Waals surface area contributed by atoms with E-state index in [9.17, 15) is 15.3 Å². The Kier molecular flexibility index (Phi) is 4.65. The van der Waals surface area contributed by atoms with Gasteiger partial charge in [-0.2, -0.15) is 0 Å². The van der Waals surface area contributed by atoms with E-state index in [4.69, 9.17) is 5.73 Å². The first-order valence-electron chi connectivity index (χ1n) is 9.13. The number of rotatable bonds is 5. The van der Waals surface area contributed by atoms with Crippen LogP contribution < -0.4 is 5.73 Å². The SMILES string of the molecule is CC(C)(O)Cn1c(CO)nc2c(N)nc3cc(-c4cncc(CO)c4)cnc3c21.